The first-order chi connectivity index (χ1) is 5.23. The van der Waals surface area contributed by atoms with E-state index in [4.69, 9.17) is 11.7 Å². The van der Waals surface area contributed by atoms with Crippen molar-refractivity contribution in [2.24, 2.45) is 5.92 Å². The fourth-order valence-electron chi connectivity index (χ4n) is 1.17. The van der Waals surface area contributed by atoms with E-state index in [1.165, 1.54) is 0 Å². The van der Waals surface area contributed by atoms with Gasteiger partial charge in [0, 0.05) is 0 Å². The third-order valence-electron chi connectivity index (χ3n) is 2.18. The summed E-state index contributed by atoms with van der Waals surface area (Å²) in [5.74, 6) is 2.99. The van der Waals surface area contributed by atoms with Crippen LogP contribution in [0.4, 0.5) is 0 Å². The van der Waals surface area contributed by atoms with Crippen molar-refractivity contribution >= 4 is 0 Å². The number of nitriles is 1. The number of hydrogen-bond acceptors (Lipinski definition) is 2. The highest BCUT2D eigenvalue weighted by Gasteiger charge is 2.41. The van der Waals surface area contributed by atoms with Gasteiger partial charge >= 0.3 is 0 Å². The van der Waals surface area contributed by atoms with Gasteiger partial charge in [-0.1, -0.05) is 5.92 Å². The van der Waals surface area contributed by atoms with Crippen LogP contribution in [0.2, 0.25) is 0 Å². The topological polar surface area (TPSA) is 35.8 Å². The summed E-state index contributed by atoms with van der Waals surface area (Å²) in [6, 6.07) is 2.27. The predicted molar refractivity (Wildman–Crippen MR) is 43.6 cm³/mol. The van der Waals surface area contributed by atoms with Gasteiger partial charge in [0.2, 0.25) is 0 Å². The van der Waals surface area contributed by atoms with E-state index in [-0.39, 0.29) is 5.54 Å². The summed E-state index contributed by atoms with van der Waals surface area (Å²) in [6.45, 7) is 2.41. The zero-order valence-electron chi connectivity index (χ0n) is 6.72. The molecule has 0 saturated heterocycles. The maximum absolute atomic E-state index is 8.84. The van der Waals surface area contributed by atoms with Crippen LogP contribution in [0, 0.1) is 29.6 Å². The summed E-state index contributed by atoms with van der Waals surface area (Å²) in [5, 5.41) is 11.9. The van der Waals surface area contributed by atoms with Crippen LogP contribution < -0.4 is 5.32 Å². The molecule has 1 N–H and O–H groups in total. The molecule has 0 amide bonds. The van der Waals surface area contributed by atoms with E-state index in [2.05, 4.69) is 17.3 Å². The standard InChI is InChI=1S/C9H12N2/c1-3-6-11-9(2,7-10)8-4-5-8/h1,8,11H,4-6H2,2H3. The molecule has 2 heteroatoms. The van der Waals surface area contributed by atoms with Crippen LogP contribution >= 0.6 is 0 Å². The van der Waals surface area contributed by atoms with E-state index >= 15 is 0 Å². The molecule has 0 radical (unpaired) electrons. The quantitative estimate of drug-likeness (QED) is 0.604. The molecule has 1 atom stereocenters. The summed E-state index contributed by atoms with van der Waals surface area (Å²) >= 11 is 0. The Bertz CT molecular complexity index is 217. The lowest BCUT2D eigenvalue weighted by Gasteiger charge is -2.20. The van der Waals surface area contributed by atoms with Crippen molar-refractivity contribution in [1.82, 2.24) is 5.32 Å². The molecule has 58 valence electrons. The molecule has 2 nitrogen and oxygen atoms in total. The van der Waals surface area contributed by atoms with E-state index in [0.29, 0.717) is 12.5 Å². The molecule has 1 saturated carbocycles. The predicted octanol–water partition coefficient (Wildman–Crippen LogP) is 0.901. The van der Waals surface area contributed by atoms with Crippen LogP contribution in [0.3, 0.4) is 0 Å². The van der Waals surface area contributed by atoms with Crippen molar-refractivity contribution in [1.29, 1.82) is 5.26 Å². The van der Waals surface area contributed by atoms with Gasteiger partial charge in [-0.2, -0.15) is 5.26 Å². The second kappa shape index (κ2) is 2.95. The Hall–Kier alpha value is -0.990. The first kappa shape index (κ1) is 8.11. The third-order valence-corrected chi connectivity index (χ3v) is 2.18. The van der Waals surface area contributed by atoms with Gasteiger partial charge in [0.25, 0.3) is 0 Å². The molecule has 0 heterocycles. The van der Waals surface area contributed by atoms with Crippen LogP contribution in [0.5, 0.6) is 0 Å². The highest BCUT2D eigenvalue weighted by atomic mass is 15.0. The van der Waals surface area contributed by atoms with E-state index in [0.717, 1.165) is 12.8 Å². The van der Waals surface area contributed by atoms with Crippen molar-refractivity contribution < 1.29 is 0 Å². The SMILES string of the molecule is C#CCNC(C)(C#N)C1CC1. The lowest BCUT2D eigenvalue weighted by Crippen LogP contribution is -2.43. The first-order valence-electron chi connectivity index (χ1n) is 3.82. The van der Waals surface area contributed by atoms with Crippen molar-refractivity contribution in [2.45, 2.75) is 25.3 Å². The van der Waals surface area contributed by atoms with Crippen LogP contribution in [0.1, 0.15) is 19.8 Å². The number of nitrogens with one attached hydrogen (secondary N) is 1. The Labute approximate surface area is 67.6 Å². The first-order valence-corrected chi connectivity index (χ1v) is 3.82. The molecule has 1 fully saturated rings. The van der Waals surface area contributed by atoms with Gasteiger partial charge < -0.3 is 0 Å². The minimum Gasteiger partial charge on any atom is -0.288 e. The van der Waals surface area contributed by atoms with Gasteiger partial charge in [-0.3, -0.25) is 5.32 Å². The average molecular weight is 148 g/mol. The van der Waals surface area contributed by atoms with Gasteiger partial charge in [-0.15, -0.1) is 6.42 Å². The number of rotatable bonds is 3. The molecular weight excluding hydrogens is 136 g/mol. The number of hydrogen-bond donors (Lipinski definition) is 1. The smallest absolute Gasteiger partial charge is 0.107 e. The molecule has 1 unspecified atom stereocenters. The maximum Gasteiger partial charge on any atom is 0.107 e. The highest BCUT2D eigenvalue weighted by molar-refractivity contribution is 5.13. The minimum atomic E-state index is -0.383. The normalized spacial score (nSPS) is 21.4. The lowest BCUT2D eigenvalue weighted by molar-refractivity contribution is 0.419. The lowest BCUT2D eigenvalue weighted by atomic mass is 9.98. The Morgan fingerprint density at radius 1 is 1.73 bits per heavy atom. The van der Waals surface area contributed by atoms with Gasteiger partial charge in [-0.25, -0.2) is 0 Å². The highest BCUT2D eigenvalue weighted by Crippen LogP contribution is 2.38. The van der Waals surface area contributed by atoms with Crippen LogP contribution in [0.15, 0.2) is 0 Å². The number of terminal acetylenes is 1. The summed E-state index contributed by atoms with van der Waals surface area (Å²) < 4.78 is 0. The van der Waals surface area contributed by atoms with Crippen molar-refractivity contribution in [3.05, 3.63) is 0 Å². The van der Waals surface area contributed by atoms with Crippen molar-refractivity contribution in [3.63, 3.8) is 0 Å². The Kier molecular flexibility index (Phi) is 2.17. The molecule has 0 aromatic carbocycles. The molecule has 0 aromatic rings. The minimum absolute atomic E-state index is 0.383. The Balaban J connectivity index is 2.48. The summed E-state index contributed by atoms with van der Waals surface area (Å²) in [6.07, 6.45) is 7.40. The largest absolute Gasteiger partial charge is 0.288 e. The third kappa shape index (κ3) is 1.73. The number of nitrogens with zero attached hydrogens (tertiary/aromatic N) is 1. The zero-order valence-corrected chi connectivity index (χ0v) is 6.72. The Morgan fingerprint density at radius 3 is 2.73 bits per heavy atom. The molecule has 1 aliphatic carbocycles. The van der Waals surface area contributed by atoms with Crippen LogP contribution in [-0.2, 0) is 0 Å². The van der Waals surface area contributed by atoms with Crippen molar-refractivity contribution in [2.75, 3.05) is 6.54 Å². The molecule has 1 rings (SSSR count). The fourth-order valence-corrected chi connectivity index (χ4v) is 1.17. The Morgan fingerprint density at radius 2 is 2.36 bits per heavy atom. The molecule has 1 aliphatic rings. The molecule has 11 heavy (non-hydrogen) atoms. The van der Waals surface area contributed by atoms with Gasteiger partial charge in [0.05, 0.1) is 12.6 Å². The van der Waals surface area contributed by atoms with Gasteiger partial charge in [-0.05, 0) is 25.7 Å². The zero-order chi connectivity index (χ0) is 8.32. The molecule has 0 aliphatic heterocycles. The van der Waals surface area contributed by atoms with Crippen molar-refractivity contribution in [3.8, 4) is 18.4 Å². The molecule has 0 bridgehead atoms. The molecule has 0 spiro atoms. The maximum atomic E-state index is 8.84. The average Bonchev–Trinajstić information content (AvgIpc) is 2.82. The van der Waals surface area contributed by atoms with Crippen LogP contribution in [-0.4, -0.2) is 12.1 Å². The summed E-state index contributed by atoms with van der Waals surface area (Å²) in [7, 11) is 0. The summed E-state index contributed by atoms with van der Waals surface area (Å²) in [4.78, 5) is 0. The molecule has 0 aromatic heterocycles. The van der Waals surface area contributed by atoms with Gasteiger partial charge in [0.1, 0.15) is 5.54 Å². The van der Waals surface area contributed by atoms with Gasteiger partial charge in [0.15, 0.2) is 0 Å². The summed E-state index contributed by atoms with van der Waals surface area (Å²) in [5.41, 5.74) is -0.383. The van der Waals surface area contributed by atoms with E-state index in [1.54, 1.807) is 0 Å². The monoisotopic (exact) mass is 148 g/mol. The second-order valence-electron chi connectivity index (χ2n) is 3.15. The van der Waals surface area contributed by atoms with E-state index < -0.39 is 0 Å². The van der Waals surface area contributed by atoms with Crippen LogP contribution in [0.25, 0.3) is 0 Å². The fraction of sp³-hybridized carbons (Fsp3) is 0.667. The van der Waals surface area contributed by atoms with E-state index in [9.17, 15) is 0 Å². The van der Waals surface area contributed by atoms with E-state index in [1.807, 2.05) is 6.92 Å². The molecular formula is C9H12N2. The second-order valence-corrected chi connectivity index (χ2v) is 3.15.